The van der Waals surface area contributed by atoms with Gasteiger partial charge in [-0.1, -0.05) is 0 Å². The Morgan fingerprint density at radius 3 is 2.60 bits per heavy atom. The summed E-state index contributed by atoms with van der Waals surface area (Å²) in [4.78, 5) is 11.8. The van der Waals surface area contributed by atoms with Crippen LogP contribution in [0.15, 0.2) is 17.0 Å². The number of hydrogen-bond donors (Lipinski definition) is 1. The predicted molar refractivity (Wildman–Crippen MR) is 56.3 cm³/mol. The molecule has 0 amide bonds. The topological polar surface area (TPSA) is 59.3 Å². The number of benzene rings is 1. The second-order valence-electron chi connectivity index (χ2n) is 2.67. The largest absolute Gasteiger partial charge is 0.496 e. The highest BCUT2D eigenvalue weighted by atomic mass is 32.1. The minimum Gasteiger partial charge on any atom is -0.496 e. The summed E-state index contributed by atoms with van der Waals surface area (Å²) in [7, 11) is 2.70. The molecule has 0 aliphatic rings. The van der Waals surface area contributed by atoms with Gasteiger partial charge in [-0.2, -0.15) is 5.26 Å². The lowest BCUT2D eigenvalue weighted by atomic mass is 10.1. The van der Waals surface area contributed by atoms with Crippen molar-refractivity contribution in [2.75, 3.05) is 14.2 Å². The van der Waals surface area contributed by atoms with Crippen LogP contribution in [0.1, 0.15) is 15.9 Å². The maximum Gasteiger partial charge on any atom is 0.341 e. The molecule has 1 aromatic carbocycles. The lowest BCUT2D eigenvalue weighted by Crippen LogP contribution is -2.04. The van der Waals surface area contributed by atoms with E-state index in [2.05, 4.69) is 17.4 Å². The summed E-state index contributed by atoms with van der Waals surface area (Å²) in [6.07, 6.45) is 0. The van der Waals surface area contributed by atoms with E-state index in [1.165, 1.54) is 26.4 Å². The number of thiol groups is 1. The Morgan fingerprint density at radius 1 is 1.47 bits per heavy atom. The van der Waals surface area contributed by atoms with E-state index in [9.17, 15) is 4.79 Å². The lowest BCUT2D eigenvalue weighted by molar-refractivity contribution is 0.0597. The molecule has 0 saturated carbocycles. The molecule has 0 saturated heterocycles. The molecular weight excluding hydrogens is 214 g/mol. The van der Waals surface area contributed by atoms with Gasteiger partial charge in [-0.3, -0.25) is 0 Å². The van der Waals surface area contributed by atoms with E-state index >= 15 is 0 Å². The van der Waals surface area contributed by atoms with Crippen molar-refractivity contribution in [3.63, 3.8) is 0 Å². The Bertz CT molecular complexity index is 437. The fourth-order valence-electron chi connectivity index (χ4n) is 1.10. The van der Waals surface area contributed by atoms with Gasteiger partial charge in [0.05, 0.1) is 19.8 Å². The Morgan fingerprint density at radius 2 is 2.13 bits per heavy atom. The third-order valence-corrected chi connectivity index (χ3v) is 2.21. The summed E-state index contributed by atoms with van der Waals surface area (Å²) < 4.78 is 9.55. The molecule has 0 unspecified atom stereocenters. The van der Waals surface area contributed by atoms with Gasteiger partial charge in [0.15, 0.2) is 0 Å². The number of rotatable bonds is 2. The SMILES string of the molecule is COC(=O)c1cc(C#N)c(S)cc1OC. The maximum atomic E-state index is 11.3. The molecule has 0 aliphatic heterocycles. The van der Waals surface area contributed by atoms with Crippen molar-refractivity contribution in [2.24, 2.45) is 0 Å². The molecule has 0 fully saturated rings. The summed E-state index contributed by atoms with van der Waals surface area (Å²) in [6.45, 7) is 0. The zero-order valence-corrected chi connectivity index (χ0v) is 9.17. The predicted octanol–water partition coefficient (Wildman–Crippen LogP) is 1.64. The first-order chi connectivity index (χ1) is 7.13. The summed E-state index contributed by atoms with van der Waals surface area (Å²) in [6, 6.07) is 4.83. The Hall–Kier alpha value is -1.67. The van der Waals surface area contributed by atoms with Crippen molar-refractivity contribution in [3.05, 3.63) is 23.3 Å². The molecule has 78 valence electrons. The normalized spacial score (nSPS) is 9.20. The molecule has 0 bridgehead atoms. The lowest BCUT2D eigenvalue weighted by Gasteiger charge is -2.08. The van der Waals surface area contributed by atoms with E-state index in [1.807, 2.05) is 6.07 Å². The van der Waals surface area contributed by atoms with Crippen molar-refractivity contribution in [1.29, 1.82) is 5.26 Å². The van der Waals surface area contributed by atoms with Crippen LogP contribution in [0.3, 0.4) is 0 Å². The minimum absolute atomic E-state index is 0.217. The van der Waals surface area contributed by atoms with E-state index in [1.54, 1.807) is 0 Å². The molecule has 0 N–H and O–H groups in total. The second-order valence-corrected chi connectivity index (χ2v) is 3.15. The van der Waals surface area contributed by atoms with Crippen molar-refractivity contribution < 1.29 is 14.3 Å². The zero-order valence-electron chi connectivity index (χ0n) is 8.27. The summed E-state index contributed by atoms with van der Waals surface area (Å²) >= 11 is 4.09. The maximum absolute atomic E-state index is 11.3. The number of methoxy groups -OCH3 is 2. The number of hydrogen-bond acceptors (Lipinski definition) is 5. The molecule has 0 radical (unpaired) electrons. The van der Waals surface area contributed by atoms with E-state index in [4.69, 9.17) is 10.00 Å². The van der Waals surface area contributed by atoms with Crippen LogP contribution in [0.5, 0.6) is 5.75 Å². The smallest absolute Gasteiger partial charge is 0.341 e. The van der Waals surface area contributed by atoms with Crippen LogP contribution in [-0.4, -0.2) is 20.2 Å². The number of esters is 1. The van der Waals surface area contributed by atoms with Crippen LogP contribution in [0, 0.1) is 11.3 Å². The van der Waals surface area contributed by atoms with E-state index < -0.39 is 5.97 Å². The average molecular weight is 223 g/mol. The summed E-state index contributed by atoms with van der Waals surface area (Å²) in [5.41, 5.74) is 0.522. The molecule has 1 aromatic rings. The molecule has 4 nitrogen and oxygen atoms in total. The molecule has 0 spiro atoms. The Labute approximate surface area is 92.8 Å². The first-order valence-electron chi connectivity index (χ1n) is 4.03. The first kappa shape index (κ1) is 11.4. The van der Waals surface area contributed by atoms with Crippen molar-refractivity contribution in [1.82, 2.24) is 0 Å². The highest BCUT2D eigenvalue weighted by molar-refractivity contribution is 7.80. The quantitative estimate of drug-likeness (QED) is 0.611. The Balaban J connectivity index is 3.36. The molecule has 5 heteroatoms. The third-order valence-electron chi connectivity index (χ3n) is 1.84. The molecule has 0 atom stereocenters. The van der Waals surface area contributed by atoms with Gasteiger partial charge in [0.2, 0.25) is 0 Å². The van der Waals surface area contributed by atoms with Gasteiger partial charge in [-0.05, 0) is 12.1 Å². The number of nitrogens with zero attached hydrogens (tertiary/aromatic N) is 1. The monoisotopic (exact) mass is 223 g/mol. The fraction of sp³-hybridized carbons (Fsp3) is 0.200. The van der Waals surface area contributed by atoms with Crippen LogP contribution in [0.25, 0.3) is 0 Å². The zero-order chi connectivity index (χ0) is 11.4. The number of ether oxygens (including phenoxy) is 2. The highest BCUT2D eigenvalue weighted by Crippen LogP contribution is 2.26. The molecule has 0 heterocycles. The van der Waals surface area contributed by atoms with Crippen LogP contribution in [0.4, 0.5) is 0 Å². The average Bonchev–Trinajstić information content (AvgIpc) is 2.27. The number of carbonyl (C=O) groups excluding carboxylic acids is 1. The van der Waals surface area contributed by atoms with Crippen LogP contribution < -0.4 is 4.74 Å². The van der Waals surface area contributed by atoms with Gasteiger partial charge in [0.25, 0.3) is 0 Å². The number of nitriles is 1. The Kier molecular flexibility index (Phi) is 3.58. The molecule has 0 aliphatic carbocycles. The van der Waals surface area contributed by atoms with Crippen molar-refractivity contribution >= 4 is 18.6 Å². The van der Waals surface area contributed by atoms with Gasteiger partial charge in [0, 0.05) is 4.90 Å². The fourth-order valence-corrected chi connectivity index (χ4v) is 1.33. The van der Waals surface area contributed by atoms with E-state index in [0.29, 0.717) is 16.2 Å². The van der Waals surface area contributed by atoms with Gasteiger partial charge < -0.3 is 9.47 Å². The molecule has 15 heavy (non-hydrogen) atoms. The standard InChI is InChI=1S/C10H9NO3S/c1-13-8-4-9(15)6(5-11)3-7(8)10(12)14-2/h3-4,15H,1-2H3. The van der Waals surface area contributed by atoms with Gasteiger partial charge in [-0.15, -0.1) is 12.6 Å². The third kappa shape index (κ3) is 2.22. The highest BCUT2D eigenvalue weighted by Gasteiger charge is 2.15. The van der Waals surface area contributed by atoms with Crippen LogP contribution >= 0.6 is 12.6 Å². The molecule has 0 aromatic heterocycles. The van der Waals surface area contributed by atoms with Gasteiger partial charge in [0.1, 0.15) is 17.4 Å². The van der Waals surface area contributed by atoms with Crippen molar-refractivity contribution in [3.8, 4) is 11.8 Å². The van der Waals surface area contributed by atoms with Crippen molar-refractivity contribution in [2.45, 2.75) is 4.90 Å². The second kappa shape index (κ2) is 4.71. The first-order valence-corrected chi connectivity index (χ1v) is 4.48. The summed E-state index contributed by atoms with van der Waals surface area (Å²) in [5, 5.41) is 8.77. The summed E-state index contributed by atoms with van der Waals surface area (Å²) in [5.74, 6) is -0.206. The molecule has 1 rings (SSSR count). The van der Waals surface area contributed by atoms with Gasteiger partial charge in [-0.25, -0.2) is 4.79 Å². The van der Waals surface area contributed by atoms with Crippen LogP contribution in [0.2, 0.25) is 0 Å². The van der Waals surface area contributed by atoms with E-state index in [0.717, 1.165) is 0 Å². The van der Waals surface area contributed by atoms with Crippen LogP contribution in [-0.2, 0) is 4.74 Å². The van der Waals surface area contributed by atoms with Gasteiger partial charge >= 0.3 is 5.97 Å². The minimum atomic E-state index is -0.545. The van der Waals surface area contributed by atoms with E-state index in [-0.39, 0.29) is 5.56 Å². The molecular formula is C10H9NO3S. The number of carbonyl (C=O) groups is 1.